The normalized spacial score (nSPS) is 16.7. The van der Waals surface area contributed by atoms with Crippen LogP contribution in [-0.4, -0.2) is 49.3 Å². The lowest BCUT2D eigenvalue weighted by Gasteiger charge is -2.32. The van der Waals surface area contributed by atoms with Crippen molar-refractivity contribution >= 4 is 23.5 Å². The number of nitrogens with one attached hydrogen (secondary N) is 2. The zero-order chi connectivity index (χ0) is 15.9. The Kier molecular flexibility index (Phi) is 6.45. The van der Waals surface area contributed by atoms with Crippen LogP contribution in [0, 0.1) is 0 Å². The van der Waals surface area contributed by atoms with E-state index in [1.165, 1.54) is 0 Å². The molecule has 0 radical (unpaired) electrons. The number of para-hydroxylation sites is 1. The van der Waals surface area contributed by atoms with Crippen LogP contribution in [-0.2, 0) is 0 Å². The van der Waals surface area contributed by atoms with Crippen LogP contribution in [0.4, 0.5) is 19.3 Å². The van der Waals surface area contributed by atoms with E-state index in [-0.39, 0.29) is 18.6 Å². The highest BCUT2D eigenvalue weighted by Crippen LogP contribution is 2.24. The first-order valence-electron chi connectivity index (χ1n) is 7.29. The zero-order valence-corrected chi connectivity index (χ0v) is 13.3. The van der Waals surface area contributed by atoms with Crippen molar-refractivity contribution in [1.29, 1.82) is 0 Å². The SMILES string of the molecule is CSc1ccccc1NC(=O)NC1CCN(CC(F)F)CC1. The van der Waals surface area contributed by atoms with Gasteiger partial charge in [0.25, 0.3) is 6.43 Å². The van der Waals surface area contributed by atoms with Crippen LogP contribution in [0.15, 0.2) is 29.2 Å². The summed E-state index contributed by atoms with van der Waals surface area (Å²) < 4.78 is 24.6. The Morgan fingerprint density at radius 1 is 1.36 bits per heavy atom. The van der Waals surface area contributed by atoms with Crippen LogP contribution in [0.5, 0.6) is 0 Å². The molecule has 22 heavy (non-hydrogen) atoms. The molecule has 1 aromatic carbocycles. The highest BCUT2D eigenvalue weighted by atomic mass is 32.2. The van der Waals surface area contributed by atoms with E-state index in [2.05, 4.69) is 10.6 Å². The van der Waals surface area contributed by atoms with Gasteiger partial charge in [-0.15, -0.1) is 11.8 Å². The van der Waals surface area contributed by atoms with E-state index in [9.17, 15) is 13.6 Å². The second kappa shape index (κ2) is 8.33. The third-order valence-electron chi connectivity index (χ3n) is 3.67. The van der Waals surface area contributed by atoms with E-state index in [0.717, 1.165) is 10.6 Å². The molecule has 1 saturated heterocycles. The van der Waals surface area contributed by atoms with Crippen molar-refractivity contribution < 1.29 is 13.6 Å². The fourth-order valence-electron chi connectivity index (χ4n) is 2.55. The molecule has 2 N–H and O–H groups in total. The molecule has 2 amide bonds. The molecule has 1 aliphatic heterocycles. The van der Waals surface area contributed by atoms with E-state index in [1.807, 2.05) is 30.5 Å². The molecule has 0 unspecified atom stereocenters. The predicted octanol–water partition coefficient (Wildman–Crippen LogP) is 3.26. The third-order valence-corrected chi connectivity index (χ3v) is 4.47. The molecule has 1 heterocycles. The highest BCUT2D eigenvalue weighted by Gasteiger charge is 2.22. The number of halogens is 2. The van der Waals surface area contributed by atoms with Gasteiger partial charge in [0.1, 0.15) is 0 Å². The number of benzene rings is 1. The van der Waals surface area contributed by atoms with Gasteiger partial charge in [0.2, 0.25) is 0 Å². The Labute approximate surface area is 133 Å². The monoisotopic (exact) mass is 329 g/mol. The molecule has 7 heteroatoms. The van der Waals surface area contributed by atoms with Crippen molar-refractivity contribution in [2.45, 2.75) is 30.2 Å². The number of anilines is 1. The standard InChI is InChI=1S/C15H21F2N3OS/c1-22-13-5-3-2-4-12(13)19-15(21)18-11-6-8-20(9-7-11)10-14(16)17/h2-5,11,14H,6-10H2,1H3,(H2,18,19,21). The van der Waals surface area contributed by atoms with Crippen LogP contribution in [0.25, 0.3) is 0 Å². The minimum absolute atomic E-state index is 0.0374. The molecule has 0 atom stereocenters. The van der Waals surface area contributed by atoms with Crippen LogP contribution >= 0.6 is 11.8 Å². The summed E-state index contributed by atoms with van der Waals surface area (Å²) in [6.45, 7) is 1.01. The number of carbonyl (C=O) groups is 1. The van der Waals surface area contributed by atoms with E-state index in [0.29, 0.717) is 25.9 Å². The largest absolute Gasteiger partial charge is 0.335 e. The number of rotatable bonds is 5. The first-order chi connectivity index (χ1) is 10.6. The Morgan fingerprint density at radius 3 is 2.68 bits per heavy atom. The number of urea groups is 1. The summed E-state index contributed by atoms with van der Waals surface area (Å²) in [7, 11) is 0. The summed E-state index contributed by atoms with van der Waals surface area (Å²) in [5, 5.41) is 5.77. The van der Waals surface area contributed by atoms with Gasteiger partial charge < -0.3 is 10.6 Å². The summed E-state index contributed by atoms with van der Waals surface area (Å²) in [6.07, 6.45) is 1.06. The minimum atomic E-state index is -2.30. The van der Waals surface area contributed by atoms with Crippen LogP contribution < -0.4 is 10.6 Å². The quantitative estimate of drug-likeness (QED) is 0.815. The Bertz CT molecular complexity index is 493. The lowest BCUT2D eigenvalue weighted by atomic mass is 10.1. The molecule has 4 nitrogen and oxygen atoms in total. The third kappa shape index (κ3) is 5.14. The lowest BCUT2D eigenvalue weighted by Crippen LogP contribution is -2.46. The molecule has 0 aliphatic carbocycles. The van der Waals surface area contributed by atoms with Crippen molar-refractivity contribution in [1.82, 2.24) is 10.2 Å². The molecule has 0 aromatic heterocycles. The van der Waals surface area contributed by atoms with Gasteiger partial charge in [0.05, 0.1) is 12.2 Å². The number of alkyl halides is 2. The van der Waals surface area contributed by atoms with E-state index >= 15 is 0 Å². The first-order valence-corrected chi connectivity index (χ1v) is 8.52. The maximum absolute atomic E-state index is 12.3. The van der Waals surface area contributed by atoms with Crippen molar-refractivity contribution in [2.75, 3.05) is 31.2 Å². The Balaban J connectivity index is 1.79. The average Bonchev–Trinajstić information content (AvgIpc) is 2.49. The number of thioether (sulfide) groups is 1. The number of piperidine rings is 1. The number of hydrogen-bond acceptors (Lipinski definition) is 3. The van der Waals surface area contributed by atoms with Gasteiger partial charge in [-0.1, -0.05) is 12.1 Å². The fourth-order valence-corrected chi connectivity index (χ4v) is 3.10. The van der Waals surface area contributed by atoms with Gasteiger partial charge in [-0.3, -0.25) is 4.90 Å². The minimum Gasteiger partial charge on any atom is -0.335 e. The maximum Gasteiger partial charge on any atom is 0.319 e. The predicted molar refractivity (Wildman–Crippen MR) is 85.8 cm³/mol. The second-order valence-electron chi connectivity index (χ2n) is 5.26. The fraction of sp³-hybridized carbons (Fsp3) is 0.533. The molecular weight excluding hydrogens is 308 g/mol. The maximum atomic E-state index is 12.3. The average molecular weight is 329 g/mol. The number of hydrogen-bond donors (Lipinski definition) is 2. The van der Waals surface area contributed by atoms with Gasteiger partial charge in [-0.05, 0) is 31.2 Å². The van der Waals surface area contributed by atoms with E-state index in [4.69, 9.17) is 0 Å². The first kappa shape index (κ1) is 17.0. The van der Waals surface area contributed by atoms with Crippen molar-refractivity contribution in [3.63, 3.8) is 0 Å². The van der Waals surface area contributed by atoms with Crippen LogP contribution in [0.3, 0.4) is 0 Å². The van der Waals surface area contributed by atoms with Gasteiger partial charge >= 0.3 is 6.03 Å². The molecule has 0 bridgehead atoms. The number of carbonyl (C=O) groups excluding carboxylic acids is 1. The van der Waals surface area contributed by atoms with Crippen molar-refractivity contribution in [3.05, 3.63) is 24.3 Å². The molecule has 0 spiro atoms. The van der Waals surface area contributed by atoms with E-state index < -0.39 is 6.43 Å². The van der Waals surface area contributed by atoms with Crippen LogP contribution in [0.2, 0.25) is 0 Å². The smallest absolute Gasteiger partial charge is 0.319 e. The summed E-state index contributed by atoms with van der Waals surface area (Å²) in [4.78, 5) is 14.8. The molecule has 122 valence electrons. The number of nitrogens with zero attached hydrogens (tertiary/aromatic N) is 1. The van der Waals surface area contributed by atoms with Gasteiger partial charge in [-0.25, -0.2) is 13.6 Å². The van der Waals surface area contributed by atoms with Crippen molar-refractivity contribution in [3.8, 4) is 0 Å². The molecule has 1 aliphatic rings. The molecule has 2 rings (SSSR count). The Morgan fingerprint density at radius 2 is 2.05 bits per heavy atom. The summed E-state index contributed by atoms with van der Waals surface area (Å²) in [5.41, 5.74) is 0.780. The summed E-state index contributed by atoms with van der Waals surface area (Å²) in [6, 6.07) is 7.40. The summed E-state index contributed by atoms with van der Waals surface area (Å²) in [5.74, 6) is 0. The summed E-state index contributed by atoms with van der Waals surface area (Å²) >= 11 is 1.57. The Hall–Kier alpha value is -1.34. The van der Waals surface area contributed by atoms with Crippen LogP contribution in [0.1, 0.15) is 12.8 Å². The van der Waals surface area contributed by atoms with Gasteiger partial charge in [0.15, 0.2) is 0 Å². The van der Waals surface area contributed by atoms with E-state index in [1.54, 1.807) is 16.7 Å². The zero-order valence-electron chi connectivity index (χ0n) is 12.5. The molecule has 0 saturated carbocycles. The topological polar surface area (TPSA) is 44.4 Å². The van der Waals surface area contributed by atoms with Gasteiger partial charge in [-0.2, -0.15) is 0 Å². The highest BCUT2D eigenvalue weighted by molar-refractivity contribution is 7.98. The molecular formula is C15H21F2N3OS. The van der Waals surface area contributed by atoms with Crippen molar-refractivity contribution in [2.24, 2.45) is 0 Å². The molecule has 1 fully saturated rings. The van der Waals surface area contributed by atoms with Gasteiger partial charge in [0, 0.05) is 24.0 Å². The number of likely N-dealkylation sites (tertiary alicyclic amines) is 1. The number of amides is 2. The lowest BCUT2D eigenvalue weighted by molar-refractivity contribution is 0.0739. The second-order valence-corrected chi connectivity index (χ2v) is 6.11. The molecule has 1 aromatic rings.